The van der Waals surface area contributed by atoms with Crippen molar-refractivity contribution in [3.8, 4) is 0 Å². The number of likely N-dealkylation sites (tertiary alicyclic amines) is 1. The number of carboxylic acid groups (broad SMARTS) is 1. The van der Waals surface area contributed by atoms with Crippen molar-refractivity contribution >= 4 is 5.97 Å². The molecule has 2 rings (SSSR count). The lowest BCUT2D eigenvalue weighted by Gasteiger charge is -2.12. The molecule has 98 valence electrons. The fourth-order valence-corrected chi connectivity index (χ4v) is 2.26. The monoisotopic (exact) mass is 250 g/mol. The van der Waals surface area contributed by atoms with Crippen LogP contribution in [-0.2, 0) is 6.54 Å². The lowest BCUT2D eigenvalue weighted by atomic mass is 10.1. The van der Waals surface area contributed by atoms with Gasteiger partial charge in [0.25, 0.3) is 0 Å². The molecule has 18 heavy (non-hydrogen) atoms. The van der Waals surface area contributed by atoms with Gasteiger partial charge >= 0.3 is 5.97 Å². The van der Waals surface area contributed by atoms with Gasteiger partial charge in [0.2, 0.25) is 0 Å². The minimum Gasteiger partial charge on any atom is -0.478 e. The van der Waals surface area contributed by atoms with Gasteiger partial charge in [0.1, 0.15) is 11.9 Å². The normalized spacial score (nSPS) is 20.2. The van der Waals surface area contributed by atoms with Gasteiger partial charge in [-0.1, -0.05) is 0 Å². The summed E-state index contributed by atoms with van der Waals surface area (Å²) in [5, 5.41) is 12.3. The second kappa shape index (κ2) is 5.88. The quantitative estimate of drug-likeness (QED) is 0.778. The summed E-state index contributed by atoms with van der Waals surface area (Å²) in [6, 6.07) is 0. The van der Waals surface area contributed by atoms with E-state index in [1.807, 2.05) is 0 Å². The van der Waals surface area contributed by atoms with Gasteiger partial charge in [-0.25, -0.2) is 14.8 Å². The number of hydrogen-bond acceptors (Lipinski definition) is 5. The molecule has 1 aliphatic rings. The number of carboxylic acids is 1. The van der Waals surface area contributed by atoms with Crippen molar-refractivity contribution in [2.45, 2.75) is 13.0 Å². The van der Waals surface area contributed by atoms with Crippen molar-refractivity contribution in [3.05, 3.63) is 23.8 Å². The number of aromatic carboxylic acids is 1. The fourth-order valence-electron chi connectivity index (χ4n) is 2.26. The Morgan fingerprint density at radius 2 is 2.50 bits per heavy atom. The van der Waals surface area contributed by atoms with E-state index in [1.54, 1.807) is 0 Å². The molecule has 6 nitrogen and oxygen atoms in total. The van der Waals surface area contributed by atoms with E-state index in [0.29, 0.717) is 18.2 Å². The van der Waals surface area contributed by atoms with Gasteiger partial charge in [-0.15, -0.1) is 0 Å². The minimum absolute atomic E-state index is 0.175. The molecule has 1 atom stereocenters. The molecule has 0 amide bonds. The van der Waals surface area contributed by atoms with Crippen LogP contribution in [0.1, 0.15) is 22.5 Å². The molecular weight excluding hydrogens is 232 g/mol. The molecule has 2 N–H and O–H groups in total. The second-order valence-electron chi connectivity index (χ2n) is 4.74. The third kappa shape index (κ3) is 3.24. The summed E-state index contributed by atoms with van der Waals surface area (Å²) in [6.07, 6.45) is 3.92. The molecule has 6 heteroatoms. The van der Waals surface area contributed by atoms with E-state index in [1.165, 1.54) is 18.9 Å². The Kier molecular flexibility index (Phi) is 4.22. The Hall–Kier alpha value is -1.53. The average Bonchev–Trinajstić information content (AvgIpc) is 2.75. The van der Waals surface area contributed by atoms with Crippen molar-refractivity contribution in [1.82, 2.24) is 20.2 Å². The number of rotatable bonds is 5. The van der Waals surface area contributed by atoms with Crippen molar-refractivity contribution in [3.63, 3.8) is 0 Å². The molecule has 0 bridgehead atoms. The summed E-state index contributed by atoms with van der Waals surface area (Å²) in [5.74, 6) is -0.335. The Labute approximate surface area is 106 Å². The number of aromatic nitrogens is 2. The molecule has 1 aliphatic heterocycles. The molecule has 1 aromatic heterocycles. The van der Waals surface area contributed by atoms with Crippen LogP contribution >= 0.6 is 0 Å². The summed E-state index contributed by atoms with van der Waals surface area (Å²) in [4.78, 5) is 21.0. The van der Waals surface area contributed by atoms with E-state index in [9.17, 15) is 4.79 Å². The number of nitrogens with one attached hydrogen (secondary N) is 1. The van der Waals surface area contributed by atoms with Crippen LogP contribution in [0.2, 0.25) is 0 Å². The first-order valence-electron chi connectivity index (χ1n) is 6.08. The lowest BCUT2D eigenvalue weighted by Crippen LogP contribution is -2.26. The van der Waals surface area contributed by atoms with Crippen LogP contribution in [-0.4, -0.2) is 52.6 Å². The number of nitrogens with zero attached hydrogens (tertiary/aromatic N) is 3. The van der Waals surface area contributed by atoms with E-state index in [-0.39, 0.29) is 5.56 Å². The second-order valence-corrected chi connectivity index (χ2v) is 4.74. The van der Waals surface area contributed by atoms with Crippen molar-refractivity contribution < 1.29 is 9.90 Å². The van der Waals surface area contributed by atoms with E-state index in [2.05, 4.69) is 27.2 Å². The molecule has 0 spiro atoms. The third-order valence-corrected chi connectivity index (χ3v) is 3.24. The maximum absolute atomic E-state index is 11.0. The summed E-state index contributed by atoms with van der Waals surface area (Å²) in [5.41, 5.74) is 0.720. The molecule has 0 aliphatic carbocycles. The third-order valence-electron chi connectivity index (χ3n) is 3.24. The highest BCUT2D eigenvalue weighted by Gasteiger charge is 2.19. The molecule has 0 saturated carbocycles. The molecule has 0 radical (unpaired) electrons. The Balaban J connectivity index is 1.85. The topological polar surface area (TPSA) is 78.3 Å². The Morgan fingerprint density at radius 3 is 3.17 bits per heavy atom. The first-order valence-corrected chi connectivity index (χ1v) is 6.08. The van der Waals surface area contributed by atoms with Crippen LogP contribution in [0.4, 0.5) is 0 Å². The van der Waals surface area contributed by atoms with E-state index < -0.39 is 5.97 Å². The zero-order chi connectivity index (χ0) is 13.0. The maximum Gasteiger partial charge on any atom is 0.339 e. The Morgan fingerprint density at radius 1 is 1.67 bits per heavy atom. The molecule has 1 aromatic rings. The molecule has 2 heterocycles. The van der Waals surface area contributed by atoms with Gasteiger partial charge in [0, 0.05) is 19.3 Å². The highest BCUT2D eigenvalue weighted by Crippen LogP contribution is 2.13. The summed E-state index contributed by atoms with van der Waals surface area (Å²) in [6.45, 7) is 3.61. The predicted molar refractivity (Wildman–Crippen MR) is 66.3 cm³/mol. The van der Waals surface area contributed by atoms with Crippen molar-refractivity contribution in [2.24, 2.45) is 5.92 Å². The first-order chi connectivity index (χ1) is 8.66. The van der Waals surface area contributed by atoms with Crippen LogP contribution in [0.25, 0.3) is 0 Å². The first kappa shape index (κ1) is 12.9. The fraction of sp³-hybridized carbons (Fsp3) is 0.583. The maximum atomic E-state index is 11.0. The molecule has 1 saturated heterocycles. The average molecular weight is 250 g/mol. The van der Waals surface area contributed by atoms with Gasteiger partial charge in [-0.3, -0.25) is 0 Å². The van der Waals surface area contributed by atoms with E-state index in [4.69, 9.17) is 5.11 Å². The summed E-state index contributed by atoms with van der Waals surface area (Å²) < 4.78 is 0. The zero-order valence-electron chi connectivity index (χ0n) is 10.5. The van der Waals surface area contributed by atoms with Crippen molar-refractivity contribution in [1.29, 1.82) is 0 Å². The number of carbonyl (C=O) groups is 1. The van der Waals surface area contributed by atoms with Gasteiger partial charge in [-0.2, -0.15) is 0 Å². The summed E-state index contributed by atoms with van der Waals surface area (Å²) >= 11 is 0. The van der Waals surface area contributed by atoms with Gasteiger partial charge in [0.15, 0.2) is 0 Å². The molecular formula is C12H18N4O2. The van der Waals surface area contributed by atoms with Gasteiger partial charge in [0.05, 0.1) is 5.69 Å². The minimum atomic E-state index is -0.979. The molecule has 1 unspecified atom stereocenters. The molecule has 0 aromatic carbocycles. The summed E-state index contributed by atoms with van der Waals surface area (Å²) in [7, 11) is 2.12. The smallest absolute Gasteiger partial charge is 0.339 e. The van der Waals surface area contributed by atoms with E-state index in [0.717, 1.165) is 19.6 Å². The molecule has 1 fully saturated rings. The SMILES string of the molecule is CN1CCC(CNCc2ncncc2C(=O)O)C1. The zero-order valence-corrected chi connectivity index (χ0v) is 10.5. The van der Waals surface area contributed by atoms with Crippen LogP contribution in [0.5, 0.6) is 0 Å². The van der Waals surface area contributed by atoms with Crippen molar-refractivity contribution in [2.75, 3.05) is 26.7 Å². The largest absolute Gasteiger partial charge is 0.478 e. The van der Waals surface area contributed by atoms with Gasteiger partial charge < -0.3 is 15.3 Å². The predicted octanol–water partition coefficient (Wildman–Crippen LogP) is 0.216. The highest BCUT2D eigenvalue weighted by molar-refractivity contribution is 5.88. The lowest BCUT2D eigenvalue weighted by molar-refractivity contribution is 0.0694. The Bertz CT molecular complexity index is 424. The van der Waals surface area contributed by atoms with Crippen LogP contribution in [0.3, 0.4) is 0 Å². The van der Waals surface area contributed by atoms with Crippen LogP contribution < -0.4 is 5.32 Å². The highest BCUT2D eigenvalue weighted by atomic mass is 16.4. The number of hydrogen-bond donors (Lipinski definition) is 2. The van der Waals surface area contributed by atoms with Crippen LogP contribution in [0, 0.1) is 5.92 Å². The van der Waals surface area contributed by atoms with Gasteiger partial charge in [-0.05, 0) is 32.5 Å². The van der Waals surface area contributed by atoms with Crippen LogP contribution in [0.15, 0.2) is 12.5 Å². The van der Waals surface area contributed by atoms with E-state index >= 15 is 0 Å². The standard InChI is InChI=1S/C12H18N4O2/c1-16-3-2-9(7-16)4-13-6-11-10(12(17)18)5-14-8-15-11/h5,8-9,13H,2-4,6-7H2,1H3,(H,17,18).